The molecule has 13 heavy (non-hydrogen) atoms. The molecule has 5 nitrogen and oxygen atoms in total. The van der Waals surface area contributed by atoms with E-state index >= 15 is 0 Å². The van der Waals surface area contributed by atoms with Crippen molar-refractivity contribution in [2.24, 2.45) is 5.92 Å². The second kappa shape index (κ2) is 3.35. The van der Waals surface area contributed by atoms with Crippen LogP contribution in [0.4, 0.5) is 11.6 Å². The van der Waals surface area contributed by atoms with Gasteiger partial charge in [-0.15, -0.1) is 0 Å². The van der Waals surface area contributed by atoms with E-state index in [2.05, 4.69) is 5.10 Å². The first-order valence-corrected chi connectivity index (χ1v) is 4.08. The average Bonchev–Trinajstić information content (AvgIpc) is 2.26. The van der Waals surface area contributed by atoms with Crippen LogP contribution in [0.1, 0.15) is 19.4 Å². The molecule has 0 aromatic carbocycles. The van der Waals surface area contributed by atoms with Gasteiger partial charge in [-0.2, -0.15) is 10.4 Å². The summed E-state index contributed by atoms with van der Waals surface area (Å²) in [5.74, 6) is 0.988. The van der Waals surface area contributed by atoms with Gasteiger partial charge >= 0.3 is 0 Å². The summed E-state index contributed by atoms with van der Waals surface area (Å²) >= 11 is 0. The lowest BCUT2D eigenvalue weighted by atomic mass is 10.2. The smallest absolute Gasteiger partial charge is 0.165 e. The van der Waals surface area contributed by atoms with Crippen LogP contribution in [0, 0.1) is 17.2 Å². The van der Waals surface area contributed by atoms with E-state index in [0.29, 0.717) is 18.3 Å². The fourth-order valence-corrected chi connectivity index (χ4v) is 1.09. The normalized spacial score (nSPS) is 10.3. The summed E-state index contributed by atoms with van der Waals surface area (Å²) in [6.45, 7) is 4.77. The molecule has 0 radical (unpaired) electrons. The van der Waals surface area contributed by atoms with Crippen molar-refractivity contribution in [1.82, 2.24) is 9.78 Å². The van der Waals surface area contributed by atoms with Crippen molar-refractivity contribution in [1.29, 1.82) is 5.26 Å². The van der Waals surface area contributed by atoms with Gasteiger partial charge in [0.15, 0.2) is 5.82 Å². The predicted molar refractivity (Wildman–Crippen MR) is 50.6 cm³/mol. The van der Waals surface area contributed by atoms with Gasteiger partial charge in [-0.1, -0.05) is 13.8 Å². The molecule has 0 saturated carbocycles. The van der Waals surface area contributed by atoms with Crippen LogP contribution in [0.15, 0.2) is 0 Å². The maximum absolute atomic E-state index is 8.68. The Bertz CT molecular complexity index is 344. The van der Waals surface area contributed by atoms with Crippen molar-refractivity contribution in [3.8, 4) is 6.07 Å². The first-order valence-electron chi connectivity index (χ1n) is 4.08. The second-order valence-corrected chi connectivity index (χ2v) is 3.33. The monoisotopic (exact) mass is 179 g/mol. The number of nitrogens with two attached hydrogens (primary N) is 2. The first-order chi connectivity index (χ1) is 6.06. The number of hydrogen-bond donors (Lipinski definition) is 2. The summed E-state index contributed by atoms with van der Waals surface area (Å²) in [7, 11) is 0. The van der Waals surface area contributed by atoms with Crippen LogP contribution in [0.25, 0.3) is 0 Å². The quantitative estimate of drug-likeness (QED) is 0.694. The van der Waals surface area contributed by atoms with Gasteiger partial charge in [0.05, 0.1) is 0 Å². The Balaban J connectivity index is 3.05. The molecule has 1 rings (SSSR count). The molecular weight excluding hydrogens is 166 g/mol. The number of nitrogens with zero attached hydrogens (tertiary/aromatic N) is 3. The Morgan fingerprint density at radius 3 is 2.54 bits per heavy atom. The van der Waals surface area contributed by atoms with Crippen molar-refractivity contribution < 1.29 is 0 Å². The fourth-order valence-electron chi connectivity index (χ4n) is 1.09. The van der Waals surface area contributed by atoms with Crippen molar-refractivity contribution >= 4 is 11.6 Å². The molecule has 4 N–H and O–H groups in total. The molecule has 0 unspecified atom stereocenters. The van der Waals surface area contributed by atoms with Gasteiger partial charge in [0.2, 0.25) is 0 Å². The Morgan fingerprint density at radius 2 is 2.15 bits per heavy atom. The summed E-state index contributed by atoms with van der Waals surface area (Å²) in [6.07, 6.45) is 0. The van der Waals surface area contributed by atoms with Crippen LogP contribution in [-0.4, -0.2) is 9.78 Å². The van der Waals surface area contributed by atoms with E-state index in [-0.39, 0.29) is 11.4 Å². The number of hydrogen-bond acceptors (Lipinski definition) is 4. The highest BCUT2D eigenvalue weighted by Gasteiger charge is 2.12. The minimum atomic E-state index is 0.209. The number of anilines is 2. The van der Waals surface area contributed by atoms with Crippen LogP contribution in [-0.2, 0) is 6.54 Å². The summed E-state index contributed by atoms with van der Waals surface area (Å²) in [5.41, 5.74) is 11.4. The van der Waals surface area contributed by atoms with E-state index in [0.717, 1.165) is 0 Å². The predicted octanol–water partition coefficient (Wildman–Crippen LogP) is 0.575. The molecular formula is C8H13N5. The van der Waals surface area contributed by atoms with E-state index < -0.39 is 0 Å². The van der Waals surface area contributed by atoms with Crippen LogP contribution in [0.5, 0.6) is 0 Å². The minimum absolute atomic E-state index is 0.209. The Kier molecular flexibility index (Phi) is 2.42. The van der Waals surface area contributed by atoms with E-state index in [4.69, 9.17) is 16.7 Å². The number of aromatic nitrogens is 2. The Morgan fingerprint density at radius 1 is 1.54 bits per heavy atom. The van der Waals surface area contributed by atoms with Crippen molar-refractivity contribution in [2.75, 3.05) is 11.5 Å². The topological polar surface area (TPSA) is 93.6 Å². The number of nitriles is 1. The maximum Gasteiger partial charge on any atom is 0.165 e. The van der Waals surface area contributed by atoms with Gasteiger partial charge in [0.25, 0.3) is 0 Å². The molecule has 0 amide bonds. The molecule has 1 aromatic rings. The highest BCUT2D eigenvalue weighted by atomic mass is 15.3. The lowest BCUT2D eigenvalue weighted by Gasteiger charge is -2.05. The average molecular weight is 179 g/mol. The molecule has 0 spiro atoms. The highest BCUT2D eigenvalue weighted by Crippen LogP contribution is 2.18. The zero-order valence-electron chi connectivity index (χ0n) is 7.78. The summed E-state index contributed by atoms with van der Waals surface area (Å²) in [5, 5.41) is 12.7. The van der Waals surface area contributed by atoms with Crippen molar-refractivity contribution in [3.05, 3.63) is 5.56 Å². The lowest BCUT2D eigenvalue weighted by Crippen LogP contribution is -2.09. The fraction of sp³-hybridized carbons (Fsp3) is 0.500. The summed E-state index contributed by atoms with van der Waals surface area (Å²) in [6, 6.07) is 1.92. The molecule has 0 aliphatic heterocycles. The molecule has 0 fully saturated rings. The molecule has 0 aliphatic rings. The van der Waals surface area contributed by atoms with E-state index in [1.54, 1.807) is 4.68 Å². The van der Waals surface area contributed by atoms with Gasteiger partial charge in [-0.3, -0.25) is 0 Å². The first kappa shape index (κ1) is 9.39. The van der Waals surface area contributed by atoms with Crippen molar-refractivity contribution in [3.63, 3.8) is 0 Å². The third kappa shape index (κ3) is 1.72. The van der Waals surface area contributed by atoms with E-state index in [9.17, 15) is 0 Å². The van der Waals surface area contributed by atoms with Crippen LogP contribution in [0.2, 0.25) is 0 Å². The zero-order chi connectivity index (χ0) is 10.0. The van der Waals surface area contributed by atoms with E-state index in [1.807, 2.05) is 19.9 Å². The molecule has 1 heterocycles. The Hall–Kier alpha value is -1.70. The van der Waals surface area contributed by atoms with Gasteiger partial charge in [0.1, 0.15) is 17.5 Å². The maximum atomic E-state index is 8.68. The third-order valence-electron chi connectivity index (χ3n) is 1.67. The molecule has 0 saturated heterocycles. The SMILES string of the molecule is CC(C)Cn1nc(N)c(C#N)c1N. The van der Waals surface area contributed by atoms with Gasteiger partial charge in [-0.05, 0) is 5.92 Å². The van der Waals surface area contributed by atoms with Gasteiger partial charge in [-0.25, -0.2) is 4.68 Å². The minimum Gasteiger partial charge on any atom is -0.383 e. The molecule has 1 aromatic heterocycles. The largest absolute Gasteiger partial charge is 0.383 e. The molecule has 0 aliphatic carbocycles. The second-order valence-electron chi connectivity index (χ2n) is 3.33. The zero-order valence-corrected chi connectivity index (χ0v) is 7.78. The number of rotatable bonds is 2. The molecule has 0 atom stereocenters. The van der Waals surface area contributed by atoms with Gasteiger partial charge < -0.3 is 11.5 Å². The molecule has 0 bridgehead atoms. The van der Waals surface area contributed by atoms with Crippen LogP contribution >= 0.6 is 0 Å². The van der Waals surface area contributed by atoms with Crippen LogP contribution < -0.4 is 11.5 Å². The van der Waals surface area contributed by atoms with Crippen LogP contribution in [0.3, 0.4) is 0 Å². The lowest BCUT2D eigenvalue weighted by molar-refractivity contribution is 0.490. The molecule has 5 heteroatoms. The highest BCUT2D eigenvalue weighted by molar-refractivity contribution is 5.61. The van der Waals surface area contributed by atoms with E-state index in [1.165, 1.54) is 0 Å². The number of nitrogen functional groups attached to an aromatic ring is 2. The molecule has 70 valence electrons. The van der Waals surface area contributed by atoms with Gasteiger partial charge in [0, 0.05) is 6.54 Å². The standard InChI is InChI=1S/C8H13N5/c1-5(2)4-13-8(11)6(3-9)7(10)12-13/h5H,4,11H2,1-2H3,(H2,10,12). The third-order valence-corrected chi connectivity index (χ3v) is 1.67. The Labute approximate surface area is 76.9 Å². The summed E-state index contributed by atoms with van der Waals surface area (Å²) < 4.78 is 1.57. The van der Waals surface area contributed by atoms with Crippen molar-refractivity contribution in [2.45, 2.75) is 20.4 Å². The summed E-state index contributed by atoms with van der Waals surface area (Å²) in [4.78, 5) is 0.